The van der Waals surface area contributed by atoms with E-state index >= 15 is 0 Å². The fourth-order valence-electron chi connectivity index (χ4n) is 1.05. The number of carbonyl (C=O) groups is 1. The molecule has 16 heavy (non-hydrogen) atoms. The molecule has 1 amide bonds. The van der Waals surface area contributed by atoms with Gasteiger partial charge in [0.05, 0.1) is 0 Å². The van der Waals surface area contributed by atoms with Crippen LogP contribution in [0.25, 0.3) is 0 Å². The summed E-state index contributed by atoms with van der Waals surface area (Å²) in [5.41, 5.74) is -1.37. The Labute approximate surface area is 91.1 Å². The van der Waals surface area contributed by atoms with E-state index < -0.39 is 17.2 Å². The number of aromatic nitrogens is 2. The maximum atomic E-state index is 11.4. The minimum Gasteiger partial charge on any atom is -0.350 e. The SMILES string of the molecule is CC#CCCNC(=O)c1cc(=O)[nH]c(=O)[nH]1. The number of hydrogen-bond acceptors (Lipinski definition) is 3. The average molecular weight is 221 g/mol. The van der Waals surface area contributed by atoms with Gasteiger partial charge in [-0.1, -0.05) is 0 Å². The van der Waals surface area contributed by atoms with Crippen LogP contribution >= 0.6 is 0 Å². The van der Waals surface area contributed by atoms with E-state index in [9.17, 15) is 14.4 Å². The Kier molecular flexibility index (Phi) is 4.09. The van der Waals surface area contributed by atoms with Gasteiger partial charge in [0, 0.05) is 19.0 Å². The molecular formula is C10H11N3O3. The molecule has 1 aromatic heterocycles. The standard InChI is InChI=1S/C10H11N3O3/c1-2-3-4-5-11-9(15)7-6-8(14)13-10(16)12-7/h6H,4-5H2,1H3,(H,11,15)(H2,12,13,14,16). The van der Waals surface area contributed by atoms with E-state index in [1.165, 1.54) is 0 Å². The van der Waals surface area contributed by atoms with E-state index in [1.807, 2.05) is 4.98 Å². The van der Waals surface area contributed by atoms with Gasteiger partial charge in [0.1, 0.15) is 5.69 Å². The largest absolute Gasteiger partial charge is 0.350 e. The molecule has 0 aromatic carbocycles. The fourth-order valence-corrected chi connectivity index (χ4v) is 1.05. The third-order valence-electron chi connectivity index (χ3n) is 1.72. The van der Waals surface area contributed by atoms with Gasteiger partial charge in [0.2, 0.25) is 0 Å². The van der Waals surface area contributed by atoms with Crippen LogP contribution in [0.2, 0.25) is 0 Å². The van der Waals surface area contributed by atoms with Gasteiger partial charge < -0.3 is 10.3 Å². The molecule has 0 aliphatic carbocycles. The Hall–Kier alpha value is -2.29. The van der Waals surface area contributed by atoms with Crippen molar-refractivity contribution in [1.82, 2.24) is 15.3 Å². The summed E-state index contributed by atoms with van der Waals surface area (Å²) in [6.07, 6.45) is 0.523. The highest BCUT2D eigenvalue weighted by Crippen LogP contribution is 1.85. The maximum Gasteiger partial charge on any atom is 0.326 e. The normalized spacial score (nSPS) is 9.06. The van der Waals surface area contributed by atoms with Crippen molar-refractivity contribution in [2.24, 2.45) is 0 Å². The van der Waals surface area contributed by atoms with Crippen LogP contribution in [0.3, 0.4) is 0 Å². The number of carbonyl (C=O) groups excluding carboxylic acids is 1. The van der Waals surface area contributed by atoms with Crippen LogP contribution in [0.1, 0.15) is 23.8 Å². The molecule has 0 fully saturated rings. The predicted octanol–water partition coefficient (Wildman–Crippen LogP) is -0.794. The lowest BCUT2D eigenvalue weighted by atomic mass is 10.3. The molecule has 0 saturated carbocycles. The van der Waals surface area contributed by atoms with E-state index in [0.717, 1.165) is 6.07 Å². The zero-order valence-corrected chi connectivity index (χ0v) is 8.72. The second-order valence-corrected chi connectivity index (χ2v) is 2.93. The second-order valence-electron chi connectivity index (χ2n) is 2.93. The molecule has 0 saturated heterocycles. The van der Waals surface area contributed by atoms with Crippen molar-refractivity contribution in [3.05, 3.63) is 32.6 Å². The first-order valence-electron chi connectivity index (χ1n) is 4.65. The van der Waals surface area contributed by atoms with E-state index in [2.05, 4.69) is 22.1 Å². The molecule has 0 atom stereocenters. The van der Waals surface area contributed by atoms with Crippen LogP contribution < -0.4 is 16.6 Å². The van der Waals surface area contributed by atoms with Crippen LogP contribution in [-0.2, 0) is 0 Å². The molecule has 0 aliphatic heterocycles. The van der Waals surface area contributed by atoms with E-state index in [0.29, 0.717) is 13.0 Å². The van der Waals surface area contributed by atoms with Crippen molar-refractivity contribution in [1.29, 1.82) is 0 Å². The zero-order chi connectivity index (χ0) is 12.0. The molecule has 3 N–H and O–H groups in total. The van der Waals surface area contributed by atoms with Crippen LogP contribution in [-0.4, -0.2) is 22.4 Å². The van der Waals surface area contributed by atoms with Crippen molar-refractivity contribution in [2.75, 3.05) is 6.54 Å². The first-order chi connectivity index (χ1) is 7.63. The summed E-state index contributed by atoms with van der Waals surface area (Å²) in [5, 5.41) is 2.52. The van der Waals surface area contributed by atoms with Gasteiger partial charge in [-0.05, 0) is 6.92 Å². The lowest BCUT2D eigenvalue weighted by Crippen LogP contribution is -2.31. The first kappa shape index (κ1) is 11.8. The predicted molar refractivity (Wildman–Crippen MR) is 58.1 cm³/mol. The lowest BCUT2D eigenvalue weighted by molar-refractivity contribution is 0.0949. The van der Waals surface area contributed by atoms with Gasteiger partial charge in [0.15, 0.2) is 0 Å². The number of amides is 1. The van der Waals surface area contributed by atoms with Crippen molar-refractivity contribution in [3.63, 3.8) is 0 Å². The van der Waals surface area contributed by atoms with E-state index in [4.69, 9.17) is 0 Å². The minimum atomic E-state index is -0.703. The highest BCUT2D eigenvalue weighted by molar-refractivity contribution is 5.91. The minimum absolute atomic E-state index is 0.0572. The topological polar surface area (TPSA) is 94.8 Å². The van der Waals surface area contributed by atoms with Gasteiger partial charge >= 0.3 is 5.69 Å². The monoisotopic (exact) mass is 221 g/mol. The number of aromatic amines is 2. The van der Waals surface area contributed by atoms with E-state index in [-0.39, 0.29) is 5.69 Å². The van der Waals surface area contributed by atoms with Crippen LogP contribution in [0.4, 0.5) is 0 Å². The number of hydrogen-bond donors (Lipinski definition) is 3. The van der Waals surface area contributed by atoms with Gasteiger partial charge in [-0.15, -0.1) is 11.8 Å². The van der Waals surface area contributed by atoms with Gasteiger partial charge in [0.25, 0.3) is 11.5 Å². The Morgan fingerprint density at radius 3 is 2.81 bits per heavy atom. The highest BCUT2D eigenvalue weighted by Gasteiger charge is 2.06. The molecule has 0 radical (unpaired) electrons. The summed E-state index contributed by atoms with van der Waals surface area (Å²) in [5.74, 6) is 4.96. The quantitative estimate of drug-likeness (QED) is 0.461. The van der Waals surface area contributed by atoms with Gasteiger partial charge in [-0.25, -0.2) is 4.79 Å². The smallest absolute Gasteiger partial charge is 0.326 e. The van der Waals surface area contributed by atoms with Gasteiger partial charge in [-0.3, -0.25) is 14.6 Å². The van der Waals surface area contributed by atoms with Crippen LogP contribution in [0.15, 0.2) is 15.7 Å². The Morgan fingerprint density at radius 1 is 1.44 bits per heavy atom. The van der Waals surface area contributed by atoms with E-state index in [1.54, 1.807) is 6.92 Å². The zero-order valence-electron chi connectivity index (χ0n) is 8.72. The Balaban J connectivity index is 2.68. The molecule has 1 aromatic rings. The summed E-state index contributed by atoms with van der Waals surface area (Å²) >= 11 is 0. The molecule has 0 unspecified atom stereocenters. The number of nitrogens with one attached hydrogen (secondary N) is 3. The third-order valence-corrected chi connectivity index (χ3v) is 1.72. The van der Waals surface area contributed by atoms with Crippen molar-refractivity contribution in [2.45, 2.75) is 13.3 Å². The Bertz CT molecular complexity index is 516. The summed E-state index contributed by atoms with van der Waals surface area (Å²) in [4.78, 5) is 37.4. The highest BCUT2D eigenvalue weighted by atomic mass is 16.2. The fraction of sp³-hybridized carbons (Fsp3) is 0.300. The van der Waals surface area contributed by atoms with Crippen molar-refractivity contribution >= 4 is 5.91 Å². The van der Waals surface area contributed by atoms with Crippen molar-refractivity contribution in [3.8, 4) is 11.8 Å². The summed E-state index contributed by atoms with van der Waals surface area (Å²) in [7, 11) is 0. The molecule has 0 spiro atoms. The summed E-state index contributed by atoms with van der Waals surface area (Å²) < 4.78 is 0. The molecule has 6 nitrogen and oxygen atoms in total. The molecular weight excluding hydrogens is 210 g/mol. The lowest BCUT2D eigenvalue weighted by Gasteiger charge is -2.01. The Morgan fingerprint density at radius 2 is 2.19 bits per heavy atom. The van der Waals surface area contributed by atoms with Crippen LogP contribution in [0.5, 0.6) is 0 Å². The number of rotatable bonds is 3. The molecule has 0 aliphatic rings. The summed E-state index contributed by atoms with van der Waals surface area (Å²) in [6, 6.07) is 1.03. The molecule has 0 bridgehead atoms. The van der Waals surface area contributed by atoms with Gasteiger partial charge in [-0.2, -0.15) is 0 Å². The van der Waals surface area contributed by atoms with Crippen LogP contribution in [0, 0.1) is 11.8 Å². The second kappa shape index (κ2) is 5.56. The van der Waals surface area contributed by atoms with Crippen molar-refractivity contribution < 1.29 is 4.79 Å². The molecule has 6 heteroatoms. The number of H-pyrrole nitrogens is 2. The third kappa shape index (κ3) is 3.46. The molecule has 84 valence electrons. The first-order valence-corrected chi connectivity index (χ1v) is 4.65. The summed E-state index contributed by atoms with van der Waals surface area (Å²) in [6.45, 7) is 2.07. The average Bonchev–Trinajstić information content (AvgIpc) is 2.22. The molecule has 1 heterocycles. The maximum absolute atomic E-state index is 11.4. The molecule has 1 rings (SSSR count).